The maximum Gasteiger partial charge on any atom is 0.409 e. The Bertz CT molecular complexity index is 1440. The van der Waals surface area contributed by atoms with Crippen molar-refractivity contribution in [2.45, 2.75) is 31.7 Å². The van der Waals surface area contributed by atoms with E-state index in [-0.39, 0.29) is 49.1 Å². The second kappa shape index (κ2) is 10.9. The van der Waals surface area contributed by atoms with Crippen LogP contribution in [0.4, 0.5) is 9.18 Å². The van der Waals surface area contributed by atoms with Gasteiger partial charge in [-0.3, -0.25) is 4.79 Å². The Morgan fingerprint density at radius 1 is 1.06 bits per heavy atom. The van der Waals surface area contributed by atoms with Crippen LogP contribution in [0.5, 0.6) is 0 Å². The number of piperazine rings is 1. The summed E-state index contributed by atoms with van der Waals surface area (Å²) in [4.78, 5) is 31.0. The molecule has 0 spiro atoms. The number of halogens is 1. The number of carbonyl (C=O) groups excluding carboxylic acids is 2. The molecule has 2 aromatic carbocycles. The van der Waals surface area contributed by atoms with Gasteiger partial charge < -0.3 is 14.2 Å². The van der Waals surface area contributed by atoms with Crippen molar-refractivity contribution in [3.8, 4) is 0 Å². The van der Waals surface area contributed by atoms with E-state index in [0.717, 1.165) is 11.9 Å². The van der Waals surface area contributed by atoms with Crippen LogP contribution in [0.25, 0.3) is 10.2 Å². The number of hydrogen-bond acceptors (Lipinski definition) is 6. The molecule has 2 heterocycles. The van der Waals surface area contributed by atoms with Gasteiger partial charge in [0.25, 0.3) is 5.91 Å². The van der Waals surface area contributed by atoms with Crippen molar-refractivity contribution in [3.63, 3.8) is 0 Å². The van der Waals surface area contributed by atoms with Crippen LogP contribution in [0.1, 0.15) is 30.6 Å². The number of rotatable bonds is 6. The summed E-state index contributed by atoms with van der Waals surface area (Å²) >= 11 is 1.23. The Hall–Kier alpha value is -3.09. The van der Waals surface area contributed by atoms with Gasteiger partial charge in [-0.15, -0.1) is 0 Å². The normalized spacial score (nSPS) is 15.4. The fourth-order valence-electron chi connectivity index (χ4n) is 3.97. The number of nitrogens with zero attached hydrogens (tertiary/aromatic N) is 4. The minimum Gasteiger partial charge on any atom is -0.450 e. The van der Waals surface area contributed by atoms with E-state index in [1.165, 1.54) is 56.9 Å². The Kier molecular flexibility index (Phi) is 7.86. The molecule has 0 saturated carbocycles. The number of thiazole rings is 1. The zero-order valence-corrected chi connectivity index (χ0v) is 21.6. The molecule has 0 bridgehead atoms. The first kappa shape index (κ1) is 26.0. The Morgan fingerprint density at radius 2 is 1.75 bits per heavy atom. The minimum atomic E-state index is -3.79. The molecule has 1 saturated heterocycles. The minimum absolute atomic E-state index is 0.0574. The highest BCUT2D eigenvalue weighted by Crippen LogP contribution is 2.21. The molecule has 1 aliphatic rings. The number of aromatic nitrogens is 1. The summed E-state index contributed by atoms with van der Waals surface area (Å²) in [6.45, 7) is 5.39. The fourth-order valence-corrected chi connectivity index (χ4v) is 6.47. The number of amides is 2. The highest BCUT2D eigenvalue weighted by atomic mass is 32.2. The average molecular weight is 535 g/mol. The average Bonchev–Trinajstić information content (AvgIpc) is 3.20. The molecule has 0 radical (unpaired) electrons. The molecule has 1 fully saturated rings. The molecular formula is C24H27FN4O5S2. The van der Waals surface area contributed by atoms with Crippen molar-refractivity contribution in [3.05, 3.63) is 58.6 Å². The Labute approximate surface area is 212 Å². The molecule has 3 aromatic rings. The zero-order chi connectivity index (χ0) is 25.9. The van der Waals surface area contributed by atoms with Gasteiger partial charge in [-0.05, 0) is 55.8 Å². The van der Waals surface area contributed by atoms with Gasteiger partial charge in [-0.2, -0.15) is 9.30 Å². The van der Waals surface area contributed by atoms with E-state index in [1.54, 1.807) is 13.0 Å². The maximum absolute atomic E-state index is 13.7. The van der Waals surface area contributed by atoms with Crippen LogP contribution >= 0.6 is 11.3 Å². The van der Waals surface area contributed by atoms with Crippen molar-refractivity contribution >= 4 is 43.6 Å². The predicted molar refractivity (Wildman–Crippen MR) is 134 cm³/mol. The van der Waals surface area contributed by atoms with Crippen molar-refractivity contribution < 1.29 is 27.1 Å². The molecule has 2 amide bonds. The lowest BCUT2D eigenvalue weighted by atomic mass is 10.2. The largest absolute Gasteiger partial charge is 0.450 e. The first-order chi connectivity index (χ1) is 17.2. The van der Waals surface area contributed by atoms with Crippen LogP contribution in [0, 0.1) is 5.82 Å². The van der Waals surface area contributed by atoms with E-state index in [4.69, 9.17) is 4.74 Å². The van der Waals surface area contributed by atoms with Gasteiger partial charge in [0, 0.05) is 38.3 Å². The van der Waals surface area contributed by atoms with E-state index in [1.807, 2.05) is 11.5 Å². The SMILES string of the molecule is CCCn1c(=NC(=O)c2ccc(S(=O)(=O)N3CCN(C(=O)OCC)CC3)cc2)sc2cc(F)ccc21. The molecule has 0 unspecified atom stereocenters. The standard InChI is InChI=1S/C24H27FN4O5S2/c1-3-11-29-20-10-7-18(25)16-21(20)35-23(29)26-22(30)17-5-8-19(9-6-17)36(32,33)28-14-12-27(13-15-28)24(31)34-4-2/h5-10,16H,3-4,11-15H2,1-2H3. The van der Waals surface area contributed by atoms with Crippen LogP contribution in [-0.4, -0.2) is 67.0 Å². The molecule has 36 heavy (non-hydrogen) atoms. The predicted octanol–water partition coefficient (Wildman–Crippen LogP) is 3.46. The molecular weight excluding hydrogens is 507 g/mol. The number of sulfonamides is 1. The summed E-state index contributed by atoms with van der Waals surface area (Å²) in [5.41, 5.74) is 1.05. The van der Waals surface area contributed by atoms with E-state index in [2.05, 4.69) is 4.99 Å². The molecule has 0 N–H and O–H groups in total. The molecule has 0 aliphatic carbocycles. The fraction of sp³-hybridized carbons (Fsp3) is 0.375. The van der Waals surface area contributed by atoms with E-state index in [9.17, 15) is 22.4 Å². The third-order valence-electron chi connectivity index (χ3n) is 5.79. The summed E-state index contributed by atoms with van der Waals surface area (Å²) < 4.78 is 48.6. The van der Waals surface area contributed by atoms with Crippen molar-refractivity contribution in [1.82, 2.24) is 13.8 Å². The zero-order valence-electron chi connectivity index (χ0n) is 20.0. The highest BCUT2D eigenvalue weighted by Gasteiger charge is 2.30. The second-order valence-electron chi connectivity index (χ2n) is 8.18. The number of aryl methyl sites for hydroxylation is 1. The first-order valence-corrected chi connectivity index (χ1v) is 13.9. The number of ether oxygens (including phenoxy) is 1. The summed E-state index contributed by atoms with van der Waals surface area (Å²) in [5, 5.41) is 0. The third kappa shape index (κ3) is 5.35. The smallest absolute Gasteiger partial charge is 0.409 e. The van der Waals surface area contributed by atoms with Crippen LogP contribution < -0.4 is 4.80 Å². The summed E-state index contributed by atoms with van der Waals surface area (Å²) in [5.74, 6) is -0.872. The number of benzene rings is 2. The molecule has 0 atom stereocenters. The molecule has 1 aliphatic heterocycles. The monoisotopic (exact) mass is 534 g/mol. The van der Waals surface area contributed by atoms with Gasteiger partial charge in [0.15, 0.2) is 4.80 Å². The Morgan fingerprint density at radius 3 is 2.39 bits per heavy atom. The highest BCUT2D eigenvalue weighted by molar-refractivity contribution is 7.89. The third-order valence-corrected chi connectivity index (χ3v) is 8.75. The Balaban J connectivity index is 1.53. The molecule has 4 rings (SSSR count). The number of carbonyl (C=O) groups is 2. The molecule has 192 valence electrons. The van der Waals surface area contributed by atoms with Gasteiger partial charge in [0.05, 0.1) is 21.7 Å². The van der Waals surface area contributed by atoms with Gasteiger partial charge in [-0.25, -0.2) is 17.6 Å². The van der Waals surface area contributed by atoms with Gasteiger partial charge in [0.2, 0.25) is 10.0 Å². The lowest BCUT2D eigenvalue weighted by molar-refractivity contribution is 0.0933. The quantitative estimate of drug-likeness (QED) is 0.482. The van der Waals surface area contributed by atoms with E-state index in [0.29, 0.717) is 16.0 Å². The van der Waals surface area contributed by atoms with Crippen LogP contribution in [0.2, 0.25) is 0 Å². The molecule has 1 aromatic heterocycles. The van der Waals surface area contributed by atoms with E-state index < -0.39 is 22.0 Å². The second-order valence-corrected chi connectivity index (χ2v) is 11.1. The topological polar surface area (TPSA) is 101 Å². The van der Waals surface area contributed by atoms with Crippen molar-refractivity contribution in [1.29, 1.82) is 0 Å². The van der Waals surface area contributed by atoms with Crippen LogP contribution in [-0.2, 0) is 21.3 Å². The number of fused-ring (bicyclic) bond motifs is 1. The van der Waals surface area contributed by atoms with E-state index >= 15 is 0 Å². The van der Waals surface area contributed by atoms with Crippen LogP contribution in [0.3, 0.4) is 0 Å². The molecule has 9 nitrogen and oxygen atoms in total. The summed E-state index contributed by atoms with van der Waals surface area (Å²) in [6.07, 6.45) is 0.357. The van der Waals surface area contributed by atoms with Gasteiger partial charge in [0.1, 0.15) is 5.82 Å². The van der Waals surface area contributed by atoms with Gasteiger partial charge >= 0.3 is 6.09 Å². The first-order valence-electron chi connectivity index (χ1n) is 11.6. The lowest BCUT2D eigenvalue weighted by Crippen LogP contribution is -2.50. The lowest BCUT2D eigenvalue weighted by Gasteiger charge is -2.33. The number of hydrogen-bond donors (Lipinski definition) is 0. The summed E-state index contributed by atoms with van der Waals surface area (Å²) in [6, 6.07) is 10.1. The molecule has 12 heteroatoms. The maximum atomic E-state index is 13.7. The van der Waals surface area contributed by atoms with Crippen molar-refractivity contribution in [2.24, 2.45) is 4.99 Å². The summed E-state index contributed by atoms with van der Waals surface area (Å²) in [7, 11) is -3.79. The van der Waals surface area contributed by atoms with Crippen molar-refractivity contribution in [2.75, 3.05) is 32.8 Å². The van der Waals surface area contributed by atoms with Gasteiger partial charge in [-0.1, -0.05) is 18.3 Å². The van der Waals surface area contributed by atoms with Crippen LogP contribution in [0.15, 0.2) is 52.4 Å².